The number of amides is 2. The van der Waals surface area contributed by atoms with Gasteiger partial charge in [0.2, 0.25) is 5.91 Å². The fraction of sp³-hybridized carbons (Fsp3) is 0.417. The van der Waals surface area contributed by atoms with Crippen molar-refractivity contribution < 1.29 is 14.3 Å². The second-order valence-corrected chi connectivity index (χ2v) is 9.66. The van der Waals surface area contributed by atoms with Crippen LogP contribution in [0.25, 0.3) is 0 Å². The van der Waals surface area contributed by atoms with Crippen LogP contribution < -0.4 is 10.1 Å². The van der Waals surface area contributed by atoms with E-state index >= 15 is 0 Å². The van der Waals surface area contributed by atoms with Crippen molar-refractivity contribution >= 4 is 34.4 Å². The van der Waals surface area contributed by atoms with E-state index in [9.17, 15) is 9.59 Å². The average Bonchev–Trinajstić information content (AvgIpc) is 2.66. The van der Waals surface area contributed by atoms with E-state index in [-0.39, 0.29) is 24.0 Å². The molecule has 0 radical (unpaired) electrons. The summed E-state index contributed by atoms with van der Waals surface area (Å²) in [6, 6.07) is 14.9. The van der Waals surface area contributed by atoms with E-state index in [1.165, 1.54) is 0 Å². The number of carbonyl (C=O) groups excluding carboxylic acids is 2. The van der Waals surface area contributed by atoms with Crippen molar-refractivity contribution in [1.29, 1.82) is 0 Å². The molecule has 0 spiro atoms. The van der Waals surface area contributed by atoms with E-state index in [1.807, 2.05) is 83.1 Å². The molecule has 0 fully saturated rings. The molecule has 0 unspecified atom stereocenters. The summed E-state index contributed by atoms with van der Waals surface area (Å²) < 4.78 is 6.81. The maximum absolute atomic E-state index is 13.2. The summed E-state index contributed by atoms with van der Waals surface area (Å²) in [6.45, 7) is 9.97. The van der Waals surface area contributed by atoms with Gasteiger partial charge in [0.05, 0.1) is 0 Å². The van der Waals surface area contributed by atoms with Gasteiger partial charge in [-0.25, -0.2) is 0 Å². The molecule has 0 aliphatic rings. The van der Waals surface area contributed by atoms with Crippen LogP contribution in [0.2, 0.25) is 0 Å². The van der Waals surface area contributed by atoms with Gasteiger partial charge in [-0.2, -0.15) is 0 Å². The molecule has 2 aromatic rings. The molecule has 1 N–H and O–H groups in total. The molecule has 2 rings (SSSR count). The fourth-order valence-electron chi connectivity index (χ4n) is 3.14. The Morgan fingerprint density at radius 3 is 2.37 bits per heavy atom. The number of nitrogens with zero attached hydrogens (tertiary/aromatic N) is 1. The monoisotopic (exact) mass is 522 g/mol. The summed E-state index contributed by atoms with van der Waals surface area (Å²) in [5.41, 5.74) is 1.72. The standard InChI is InChI=1S/C24H31IN2O3/c1-6-21(23(29)26-24(3,4)5)27(15-18-9-7-8-17(2)14-18)22(28)16-30-20-12-10-19(25)11-13-20/h7-14,21H,6,15-16H2,1-5H3,(H,26,29)/t21-/m0/s1. The molecule has 162 valence electrons. The van der Waals surface area contributed by atoms with Gasteiger partial charge >= 0.3 is 0 Å². The Morgan fingerprint density at radius 1 is 1.13 bits per heavy atom. The van der Waals surface area contributed by atoms with Crippen molar-refractivity contribution in [2.24, 2.45) is 0 Å². The highest BCUT2D eigenvalue weighted by molar-refractivity contribution is 14.1. The van der Waals surface area contributed by atoms with Gasteiger partial charge in [-0.15, -0.1) is 0 Å². The first kappa shape index (κ1) is 24.2. The number of hydrogen-bond acceptors (Lipinski definition) is 3. The van der Waals surface area contributed by atoms with Gasteiger partial charge < -0.3 is 15.0 Å². The van der Waals surface area contributed by atoms with Crippen molar-refractivity contribution in [3.05, 3.63) is 63.2 Å². The zero-order chi connectivity index (χ0) is 22.3. The van der Waals surface area contributed by atoms with Crippen LogP contribution in [0.5, 0.6) is 5.75 Å². The minimum atomic E-state index is -0.572. The fourth-order valence-corrected chi connectivity index (χ4v) is 3.50. The summed E-state index contributed by atoms with van der Waals surface area (Å²) in [5.74, 6) is 0.262. The normalized spacial score (nSPS) is 12.2. The predicted molar refractivity (Wildman–Crippen MR) is 128 cm³/mol. The predicted octanol–water partition coefficient (Wildman–Crippen LogP) is 4.70. The van der Waals surface area contributed by atoms with Gasteiger partial charge in [-0.1, -0.05) is 36.8 Å². The molecule has 30 heavy (non-hydrogen) atoms. The number of carbonyl (C=O) groups is 2. The van der Waals surface area contributed by atoms with Crippen molar-refractivity contribution in [1.82, 2.24) is 10.2 Å². The highest BCUT2D eigenvalue weighted by Crippen LogP contribution is 2.17. The summed E-state index contributed by atoms with van der Waals surface area (Å²) >= 11 is 2.22. The summed E-state index contributed by atoms with van der Waals surface area (Å²) in [7, 11) is 0. The molecular formula is C24H31IN2O3. The molecule has 0 saturated carbocycles. The van der Waals surface area contributed by atoms with E-state index < -0.39 is 6.04 Å². The van der Waals surface area contributed by atoms with Crippen LogP contribution in [0.1, 0.15) is 45.2 Å². The molecule has 0 aliphatic carbocycles. The smallest absolute Gasteiger partial charge is 0.261 e. The first-order chi connectivity index (χ1) is 14.1. The lowest BCUT2D eigenvalue weighted by Gasteiger charge is -2.33. The zero-order valence-electron chi connectivity index (χ0n) is 18.4. The zero-order valence-corrected chi connectivity index (χ0v) is 20.5. The van der Waals surface area contributed by atoms with E-state index in [1.54, 1.807) is 4.90 Å². The van der Waals surface area contributed by atoms with Gasteiger partial charge in [-0.05, 0) is 86.5 Å². The number of hydrogen-bond donors (Lipinski definition) is 1. The van der Waals surface area contributed by atoms with Crippen LogP contribution in [0.3, 0.4) is 0 Å². The number of ether oxygens (including phenoxy) is 1. The van der Waals surface area contributed by atoms with Crippen LogP contribution in [-0.2, 0) is 16.1 Å². The van der Waals surface area contributed by atoms with Gasteiger partial charge in [0.25, 0.3) is 5.91 Å². The first-order valence-corrected chi connectivity index (χ1v) is 11.2. The van der Waals surface area contributed by atoms with Gasteiger partial charge in [0, 0.05) is 15.7 Å². The molecule has 0 aromatic heterocycles. The molecule has 0 saturated heterocycles. The van der Waals surface area contributed by atoms with Gasteiger partial charge in [0.15, 0.2) is 6.61 Å². The molecule has 0 aliphatic heterocycles. The molecule has 5 nitrogen and oxygen atoms in total. The number of halogens is 1. The topological polar surface area (TPSA) is 58.6 Å². The van der Waals surface area contributed by atoms with E-state index in [0.717, 1.165) is 14.7 Å². The molecule has 2 amide bonds. The Hall–Kier alpha value is -2.09. The molecule has 0 bridgehead atoms. The maximum atomic E-state index is 13.2. The van der Waals surface area contributed by atoms with Crippen molar-refractivity contribution in [2.75, 3.05) is 6.61 Å². The number of benzene rings is 2. The Morgan fingerprint density at radius 2 is 1.80 bits per heavy atom. The van der Waals surface area contributed by atoms with Crippen LogP contribution in [0.15, 0.2) is 48.5 Å². The van der Waals surface area contributed by atoms with Crippen molar-refractivity contribution in [3.8, 4) is 5.75 Å². The average molecular weight is 522 g/mol. The Labute approximate surface area is 193 Å². The highest BCUT2D eigenvalue weighted by atomic mass is 127. The maximum Gasteiger partial charge on any atom is 0.261 e. The SMILES string of the molecule is CC[C@@H](C(=O)NC(C)(C)C)N(Cc1cccc(C)c1)C(=O)COc1ccc(I)cc1. The lowest BCUT2D eigenvalue weighted by Crippen LogP contribution is -2.54. The summed E-state index contributed by atoms with van der Waals surface area (Å²) in [5, 5.41) is 3.01. The van der Waals surface area contributed by atoms with Crippen LogP contribution in [0.4, 0.5) is 0 Å². The van der Waals surface area contributed by atoms with E-state index in [4.69, 9.17) is 4.74 Å². The van der Waals surface area contributed by atoms with Gasteiger partial charge in [0.1, 0.15) is 11.8 Å². The van der Waals surface area contributed by atoms with Crippen molar-refractivity contribution in [3.63, 3.8) is 0 Å². The third kappa shape index (κ3) is 7.63. The Balaban J connectivity index is 2.22. The van der Waals surface area contributed by atoms with Crippen LogP contribution in [-0.4, -0.2) is 34.9 Å². The number of rotatable bonds is 8. The molecule has 6 heteroatoms. The van der Waals surface area contributed by atoms with E-state index in [0.29, 0.717) is 18.7 Å². The summed E-state index contributed by atoms with van der Waals surface area (Å²) in [6.07, 6.45) is 0.517. The third-order valence-corrected chi connectivity index (χ3v) is 5.21. The van der Waals surface area contributed by atoms with Crippen LogP contribution in [0, 0.1) is 10.5 Å². The quantitative estimate of drug-likeness (QED) is 0.512. The largest absolute Gasteiger partial charge is 0.484 e. The molecule has 1 atom stereocenters. The number of nitrogens with one attached hydrogen (secondary N) is 1. The van der Waals surface area contributed by atoms with Crippen molar-refractivity contribution in [2.45, 2.75) is 59.2 Å². The molecule has 0 heterocycles. The molecule has 2 aromatic carbocycles. The third-order valence-electron chi connectivity index (χ3n) is 4.50. The highest BCUT2D eigenvalue weighted by Gasteiger charge is 2.30. The second kappa shape index (κ2) is 10.8. The first-order valence-electron chi connectivity index (χ1n) is 10.1. The number of aryl methyl sites for hydroxylation is 1. The summed E-state index contributed by atoms with van der Waals surface area (Å²) in [4.78, 5) is 27.7. The minimum Gasteiger partial charge on any atom is -0.484 e. The second-order valence-electron chi connectivity index (χ2n) is 8.42. The lowest BCUT2D eigenvalue weighted by atomic mass is 10.1. The van der Waals surface area contributed by atoms with E-state index in [2.05, 4.69) is 27.9 Å². The minimum absolute atomic E-state index is 0.119. The Kier molecular flexibility index (Phi) is 8.70. The molecular weight excluding hydrogens is 491 g/mol. The lowest BCUT2D eigenvalue weighted by molar-refractivity contribution is -0.143. The Bertz CT molecular complexity index is 859. The van der Waals surface area contributed by atoms with Crippen LogP contribution >= 0.6 is 22.6 Å². The van der Waals surface area contributed by atoms with Gasteiger partial charge in [-0.3, -0.25) is 9.59 Å².